The van der Waals surface area contributed by atoms with Crippen LogP contribution in [-0.4, -0.2) is 28.0 Å². The summed E-state index contributed by atoms with van der Waals surface area (Å²) < 4.78 is 0. The molecule has 3 aromatic rings. The Bertz CT molecular complexity index is 1390. The van der Waals surface area contributed by atoms with Crippen molar-refractivity contribution in [3.8, 4) is 0 Å². The minimum absolute atomic E-state index is 0.0593. The minimum atomic E-state index is -0.994. The molecule has 0 radical (unpaired) electrons. The molecule has 2 N–H and O–H groups in total. The summed E-state index contributed by atoms with van der Waals surface area (Å²) in [5.74, 6) is -0.645. The molecule has 1 unspecified atom stereocenters. The first-order chi connectivity index (χ1) is 18.2. The number of nitrogens with zero attached hydrogens (tertiary/aromatic N) is 2. The van der Waals surface area contributed by atoms with Crippen LogP contribution in [0.2, 0.25) is 0 Å². The number of aromatic nitrogens is 1. The highest BCUT2D eigenvalue weighted by Gasteiger charge is 2.38. The number of benzene rings is 2. The van der Waals surface area contributed by atoms with Crippen molar-refractivity contribution < 1.29 is 14.7 Å². The van der Waals surface area contributed by atoms with Crippen LogP contribution in [0.3, 0.4) is 0 Å². The zero-order valence-corrected chi connectivity index (χ0v) is 22.0. The van der Waals surface area contributed by atoms with E-state index < -0.39 is 18.2 Å². The van der Waals surface area contributed by atoms with Gasteiger partial charge < -0.3 is 10.4 Å². The maximum atomic E-state index is 14.1. The fourth-order valence-corrected chi connectivity index (χ4v) is 5.20. The van der Waals surface area contributed by atoms with Gasteiger partial charge in [-0.15, -0.1) is 0 Å². The standard InChI is InChI=1S/C32H33N3O3/c1-32(2,3)24-14-16-25(17-15-24)35(31(38)21-9-4-5-10-21)29(23-12-8-18-33-20-23)30(37)34-28-26-13-7-6-11-22(26)19-27(28)36/h4,6-18,20,27-29,36H,5,19H2,1-3H3,(H,34,37)/t27-,28+,29?/m0/s1. The molecule has 2 aliphatic carbocycles. The lowest BCUT2D eigenvalue weighted by Crippen LogP contribution is -2.46. The predicted octanol–water partition coefficient (Wildman–Crippen LogP) is 5.11. The van der Waals surface area contributed by atoms with Crippen molar-refractivity contribution in [2.24, 2.45) is 0 Å². The lowest BCUT2D eigenvalue weighted by molar-refractivity contribution is -0.126. The molecule has 1 aromatic heterocycles. The number of aliphatic hydroxyl groups excluding tert-OH is 1. The van der Waals surface area contributed by atoms with Gasteiger partial charge in [-0.2, -0.15) is 0 Å². The van der Waals surface area contributed by atoms with Crippen molar-refractivity contribution in [3.63, 3.8) is 0 Å². The topological polar surface area (TPSA) is 82.5 Å². The van der Waals surface area contributed by atoms with Gasteiger partial charge in [0.1, 0.15) is 6.04 Å². The molecular formula is C32H33N3O3. The van der Waals surface area contributed by atoms with E-state index in [0.29, 0.717) is 29.7 Å². The third-order valence-electron chi connectivity index (χ3n) is 7.26. The Labute approximate surface area is 223 Å². The lowest BCUT2D eigenvalue weighted by atomic mass is 9.87. The van der Waals surface area contributed by atoms with Crippen LogP contribution in [0.15, 0.2) is 96.9 Å². The normalized spacial score (nSPS) is 19.0. The van der Waals surface area contributed by atoms with E-state index in [1.165, 1.54) is 0 Å². The maximum Gasteiger partial charge on any atom is 0.258 e. The number of nitrogens with one attached hydrogen (secondary N) is 1. The van der Waals surface area contributed by atoms with Crippen molar-refractivity contribution in [3.05, 3.63) is 119 Å². The maximum absolute atomic E-state index is 14.1. The van der Waals surface area contributed by atoms with Crippen molar-refractivity contribution in [1.29, 1.82) is 0 Å². The molecule has 194 valence electrons. The largest absolute Gasteiger partial charge is 0.390 e. The third-order valence-corrected chi connectivity index (χ3v) is 7.26. The van der Waals surface area contributed by atoms with Crippen molar-refractivity contribution in [2.45, 2.75) is 57.2 Å². The number of fused-ring (bicyclic) bond motifs is 1. The minimum Gasteiger partial charge on any atom is -0.390 e. The Hall–Kier alpha value is -4.03. The smallest absolute Gasteiger partial charge is 0.258 e. The van der Waals surface area contributed by atoms with Crippen molar-refractivity contribution in [2.75, 3.05) is 4.90 Å². The van der Waals surface area contributed by atoms with Crippen LogP contribution in [0.25, 0.3) is 0 Å². The zero-order valence-electron chi connectivity index (χ0n) is 22.0. The summed E-state index contributed by atoms with van der Waals surface area (Å²) in [7, 11) is 0. The first-order valence-electron chi connectivity index (χ1n) is 13.0. The number of anilines is 1. The molecule has 6 nitrogen and oxygen atoms in total. The van der Waals surface area contributed by atoms with E-state index in [9.17, 15) is 14.7 Å². The molecular weight excluding hydrogens is 474 g/mol. The molecule has 2 aliphatic rings. The molecule has 0 saturated heterocycles. The van der Waals surface area contributed by atoms with Gasteiger partial charge in [-0.1, -0.05) is 81.5 Å². The highest BCUT2D eigenvalue weighted by Crippen LogP contribution is 2.35. The first kappa shape index (κ1) is 25.6. The van der Waals surface area contributed by atoms with E-state index in [1.54, 1.807) is 35.5 Å². The average molecular weight is 508 g/mol. The van der Waals surface area contributed by atoms with Gasteiger partial charge in [0.25, 0.3) is 5.91 Å². The number of hydrogen-bond donors (Lipinski definition) is 2. The fraction of sp³-hybridized carbons (Fsp3) is 0.281. The lowest BCUT2D eigenvalue weighted by Gasteiger charge is -2.33. The van der Waals surface area contributed by atoms with Crippen molar-refractivity contribution in [1.82, 2.24) is 10.3 Å². The van der Waals surface area contributed by atoms with E-state index in [4.69, 9.17) is 0 Å². The molecule has 3 atom stereocenters. The molecule has 5 rings (SSSR count). The summed E-state index contributed by atoms with van der Waals surface area (Å²) in [4.78, 5) is 33.9. The highest BCUT2D eigenvalue weighted by atomic mass is 16.3. The second-order valence-electron chi connectivity index (χ2n) is 10.9. The molecule has 0 aliphatic heterocycles. The van der Waals surface area contributed by atoms with Crippen LogP contribution in [0, 0.1) is 0 Å². The molecule has 2 aromatic carbocycles. The number of carbonyl (C=O) groups is 2. The van der Waals surface area contributed by atoms with Gasteiger partial charge in [-0.25, -0.2) is 0 Å². The van der Waals surface area contributed by atoms with Crippen LogP contribution >= 0.6 is 0 Å². The molecule has 0 bridgehead atoms. The van der Waals surface area contributed by atoms with E-state index in [-0.39, 0.29) is 17.2 Å². The van der Waals surface area contributed by atoms with Gasteiger partial charge in [0.2, 0.25) is 5.91 Å². The Morgan fingerprint density at radius 1 is 1.05 bits per heavy atom. The van der Waals surface area contributed by atoms with E-state index in [2.05, 4.69) is 31.1 Å². The summed E-state index contributed by atoms with van der Waals surface area (Å²) >= 11 is 0. The molecule has 1 heterocycles. The summed E-state index contributed by atoms with van der Waals surface area (Å²) in [5, 5.41) is 13.9. The number of hydrogen-bond acceptors (Lipinski definition) is 4. The van der Waals surface area contributed by atoms with Crippen LogP contribution < -0.4 is 10.2 Å². The number of rotatable bonds is 6. The summed E-state index contributed by atoms with van der Waals surface area (Å²) in [6.07, 6.45) is 9.25. The molecule has 0 saturated carbocycles. The molecule has 0 spiro atoms. The summed E-state index contributed by atoms with van der Waals surface area (Å²) in [6, 6.07) is 17.5. The Morgan fingerprint density at radius 2 is 1.82 bits per heavy atom. The van der Waals surface area contributed by atoms with Gasteiger partial charge in [0.05, 0.1) is 12.1 Å². The number of pyridine rings is 1. The second kappa shape index (κ2) is 10.4. The molecule has 6 heteroatoms. The second-order valence-corrected chi connectivity index (χ2v) is 10.9. The van der Waals surface area contributed by atoms with E-state index in [0.717, 1.165) is 16.7 Å². The van der Waals surface area contributed by atoms with Gasteiger partial charge >= 0.3 is 0 Å². The van der Waals surface area contributed by atoms with E-state index in [1.807, 2.05) is 60.7 Å². The molecule has 2 amide bonds. The van der Waals surface area contributed by atoms with Gasteiger partial charge in [-0.05, 0) is 46.7 Å². The number of carbonyl (C=O) groups excluding carboxylic acids is 2. The monoisotopic (exact) mass is 507 g/mol. The number of aliphatic hydroxyl groups is 1. The Morgan fingerprint density at radius 3 is 2.47 bits per heavy atom. The van der Waals surface area contributed by atoms with Crippen LogP contribution in [-0.2, 0) is 21.4 Å². The quantitative estimate of drug-likeness (QED) is 0.486. The van der Waals surface area contributed by atoms with Gasteiger partial charge in [-0.3, -0.25) is 19.5 Å². The number of amides is 2. The van der Waals surface area contributed by atoms with Gasteiger partial charge in [0, 0.05) is 35.6 Å². The predicted molar refractivity (Wildman–Crippen MR) is 148 cm³/mol. The SMILES string of the molecule is CC(C)(C)c1ccc(N(C(=O)C2=CCC=C2)C(C(=O)N[C@@H]2c3ccccc3C[C@@H]2O)c2cccnc2)cc1. The van der Waals surface area contributed by atoms with E-state index >= 15 is 0 Å². The first-order valence-corrected chi connectivity index (χ1v) is 13.0. The van der Waals surface area contributed by atoms with Crippen LogP contribution in [0.1, 0.15) is 61.5 Å². The molecule has 38 heavy (non-hydrogen) atoms. The zero-order chi connectivity index (χ0) is 26.9. The van der Waals surface area contributed by atoms with Crippen LogP contribution in [0.4, 0.5) is 5.69 Å². The fourth-order valence-electron chi connectivity index (χ4n) is 5.20. The average Bonchev–Trinajstić information content (AvgIpc) is 3.55. The van der Waals surface area contributed by atoms with Crippen LogP contribution in [0.5, 0.6) is 0 Å². The van der Waals surface area contributed by atoms with Gasteiger partial charge in [0.15, 0.2) is 0 Å². The number of allylic oxidation sites excluding steroid dienone is 2. The molecule has 0 fully saturated rings. The summed E-state index contributed by atoms with van der Waals surface area (Å²) in [6.45, 7) is 6.40. The Kier molecular flexibility index (Phi) is 7.00. The third kappa shape index (κ3) is 5.04. The van der Waals surface area contributed by atoms with Crippen molar-refractivity contribution >= 4 is 17.5 Å². The Balaban J connectivity index is 1.58. The highest BCUT2D eigenvalue weighted by molar-refractivity contribution is 6.11. The summed E-state index contributed by atoms with van der Waals surface area (Å²) in [5.41, 5.74) is 4.71.